The van der Waals surface area contributed by atoms with Crippen LogP contribution in [0.2, 0.25) is 0 Å². The van der Waals surface area contributed by atoms with Crippen LogP contribution < -0.4 is 0 Å². The number of hydrogen-bond acceptors (Lipinski definition) is 0. The number of fused-ring (bicyclic) bond motifs is 5. The highest BCUT2D eigenvalue weighted by Gasteiger charge is 2.13. The van der Waals surface area contributed by atoms with E-state index in [1.54, 1.807) is 0 Å². The Labute approximate surface area is 110 Å². The first kappa shape index (κ1) is 9.40. The van der Waals surface area contributed by atoms with Gasteiger partial charge in [0.1, 0.15) is 0 Å². The van der Waals surface area contributed by atoms with Gasteiger partial charge in [0.2, 0.25) is 0 Å². The first-order valence-corrected chi connectivity index (χ1v) is 6.56. The monoisotopic (exact) mass is 241 g/mol. The Kier molecular flexibility index (Phi) is 1.52. The Morgan fingerprint density at radius 3 is 2.26 bits per heavy atom. The molecule has 0 radical (unpaired) electrons. The van der Waals surface area contributed by atoms with Gasteiger partial charge in [-0.15, -0.1) is 0 Å². The first-order chi connectivity index (χ1) is 9.43. The van der Waals surface area contributed by atoms with Gasteiger partial charge in [0, 0.05) is 21.7 Å². The second-order valence-corrected chi connectivity index (χ2v) is 5.10. The molecule has 0 saturated carbocycles. The van der Waals surface area contributed by atoms with Crippen LogP contribution in [-0.4, -0.2) is 4.40 Å². The molecule has 5 rings (SSSR count). The highest BCUT2D eigenvalue weighted by molar-refractivity contribution is 6.18. The largest absolute Gasteiger partial charge is 0.309 e. The minimum Gasteiger partial charge on any atom is -0.309 e. The third-order valence-electron chi connectivity index (χ3n) is 4.11. The van der Waals surface area contributed by atoms with Crippen molar-refractivity contribution in [1.82, 2.24) is 4.40 Å². The molecule has 0 N–H and O–H groups in total. The molecule has 5 aromatic rings. The van der Waals surface area contributed by atoms with Crippen molar-refractivity contribution in [3.05, 3.63) is 66.7 Å². The van der Waals surface area contributed by atoms with Crippen LogP contribution in [0.1, 0.15) is 0 Å². The summed E-state index contributed by atoms with van der Waals surface area (Å²) < 4.78 is 2.38. The number of aromatic nitrogens is 1. The second kappa shape index (κ2) is 3.07. The second-order valence-electron chi connectivity index (χ2n) is 5.10. The van der Waals surface area contributed by atoms with Gasteiger partial charge in [0.05, 0.1) is 11.0 Å². The number of hydrogen-bond donors (Lipinski definition) is 0. The number of rotatable bonds is 0. The maximum atomic E-state index is 2.38. The molecule has 0 saturated heterocycles. The standard InChI is InChI=1S/C18H11N/c1-2-6-14-12(5-1)11-13-9-10-17-15-7-3-4-8-16(15)18(14)19(13)17/h1-11H. The van der Waals surface area contributed by atoms with Crippen molar-refractivity contribution in [2.75, 3.05) is 0 Å². The van der Waals surface area contributed by atoms with Crippen molar-refractivity contribution in [1.29, 1.82) is 0 Å². The van der Waals surface area contributed by atoms with Crippen LogP contribution >= 0.6 is 0 Å². The minimum absolute atomic E-state index is 1.28. The summed E-state index contributed by atoms with van der Waals surface area (Å²) in [5.41, 5.74) is 3.93. The summed E-state index contributed by atoms with van der Waals surface area (Å²) in [6, 6.07) is 24.0. The lowest BCUT2D eigenvalue weighted by molar-refractivity contribution is 1.37. The van der Waals surface area contributed by atoms with E-state index in [9.17, 15) is 0 Å². The Bertz CT molecular complexity index is 1040. The molecule has 0 fully saturated rings. The maximum absolute atomic E-state index is 2.38. The fourth-order valence-corrected chi connectivity index (χ4v) is 3.32. The molecule has 3 heterocycles. The highest BCUT2D eigenvalue weighted by Crippen LogP contribution is 2.36. The lowest BCUT2D eigenvalue weighted by Crippen LogP contribution is -1.84. The molecule has 0 bridgehead atoms. The van der Waals surface area contributed by atoms with Gasteiger partial charge in [-0.2, -0.15) is 0 Å². The van der Waals surface area contributed by atoms with Crippen LogP contribution in [0.3, 0.4) is 0 Å². The van der Waals surface area contributed by atoms with Crippen LogP contribution in [-0.2, 0) is 0 Å². The average Bonchev–Trinajstić information content (AvgIpc) is 3.02. The molecule has 0 aliphatic rings. The topological polar surface area (TPSA) is 4.41 Å². The Morgan fingerprint density at radius 2 is 1.37 bits per heavy atom. The van der Waals surface area contributed by atoms with E-state index in [0.29, 0.717) is 0 Å². The van der Waals surface area contributed by atoms with Crippen LogP contribution in [0.5, 0.6) is 0 Å². The van der Waals surface area contributed by atoms with Gasteiger partial charge in [0.25, 0.3) is 0 Å². The van der Waals surface area contributed by atoms with Crippen molar-refractivity contribution in [2.24, 2.45) is 0 Å². The smallest absolute Gasteiger partial charge is 0.0619 e. The van der Waals surface area contributed by atoms with Crippen molar-refractivity contribution < 1.29 is 0 Å². The lowest BCUT2D eigenvalue weighted by Gasteiger charge is -2.03. The van der Waals surface area contributed by atoms with Gasteiger partial charge in [-0.05, 0) is 23.6 Å². The van der Waals surface area contributed by atoms with Crippen molar-refractivity contribution >= 4 is 38.1 Å². The van der Waals surface area contributed by atoms with Crippen LogP contribution in [0.15, 0.2) is 66.7 Å². The van der Waals surface area contributed by atoms with Gasteiger partial charge in [-0.3, -0.25) is 0 Å². The Balaban J connectivity index is 2.30. The van der Waals surface area contributed by atoms with Gasteiger partial charge in [0.15, 0.2) is 0 Å². The first-order valence-electron chi connectivity index (χ1n) is 6.56. The molecule has 0 aliphatic carbocycles. The molecule has 0 amide bonds. The zero-order valence-electron chi connectivity index (χ0n) is 10.3. The zero-order chi connectivity index (χ0) is 12.4. The quantitative estimate of drug-likeness (QED) is 0.365. The summed E-state index contributed by atoms with van der Waals surface area (Å²) in [6.45, 7) is 0. The molecule has 2 aromatic carbocycles. The number of nitrogens with zero attached hydrogens (tertiary/aromatic N) is 1. The molecule has 88 valence electrons. The summed E-state index contributed by atoms with van der Waals surface area (Å²) >= 11 is 0. The predicted octanol–water partition coefficient (Wildman–Crippen LogP) is 4.84. The van der Waals surface area contributed by atoms with Crippen molar-refractivity contribution in [2.45, 2.75) is 0 Å². The third-order valence-corrected chi connectivity index (χ3v) is 4.11. The van der Waals surface area contributed by atoms with E-state index in [1.807, 2.05) is 0 Å². The molecule has 0 atom stereocenters. The highest BCUT2D eigenvalue weighted by atomic mass is 14.9. The molecular formula is C18H11N. The van der Waals surface area contributed by atoms with E-state index >= 15 is 0 Å². The van der Waals surface area contributed by atoms with Gasteiger partial charge in [-0.25, -0.2) is 0 Å². The Hall–Kier alpha value is -2.54. The van der Waals surface area contributed by atoms with E-state index < -0.39 is 0 Å². The molecular weight excluding hydrogens is 230 g/mol. The molecule has 0 unspecified atom stereocenters. The van der Waals surface area contributed by atoms with Crippen molar-refractivity contribution in [3.8, 4) is 0 Å². The molecule has 0 aliphatic heterocycles. The third kappa shape index (κ3) is 1.02. The normalized spacial score (nSPS) is 12.2. The van der Waals surface area contributed by atoms with Crippen LogP contribution in [0, 0.1) is 0 Å². The fourth-order valence-electron chi connectivity index (χ4n) is 3.32. The van der Waals surface area contributed by atoms with E-state index in [1.165, 1.54) is 38.1 Å². The molecule has 1 nitrogen and oxygen atoms in total. The zero-order valence-corrected chi connectivity index (χ0v) is 10.3. The summed E-state index contributed by atoms with van der Waals surface area (Å²) in [6.07, 6.45) is 0. The summed E-state index contributed by atoms with van der Waals surface area (Å²) in [5, 5.41) is 5.33. The molecule has 0 spiro atoms. The summed E-state index contributed by atoms with van der Waals surface area (Å²) in [4.78, 5) is 0. The molecule has 3 aromatic heterocycles. The fraction of sp³-hybridized carbons (Fsp3) is 0. The van der Waals surface area contributed by atoms with Crippen LogP contribution in [0.25, 0.3) is 38.1 Å². The van der Waals surface area contributed by atoms with Gasteiger partial charge >= 0.3 is 0 Å². The van der Waals surface area contributed by atoms with E-state index in [2.05, 4.69) is 71.1 Å². The van der Waals surface area contributed by atoms with E-state index in [4.69, 9.17) is 0 Å². The van der Waals surface area contributed by atoms with Gasteiger partial charge < -0.3 is 4.40 Å². The average molecular weight is 241 g/mol. The van der Waals surface area contributed by atoms with Gasteiger partial charge in [-0.1, -0.05) is 48.5 Å². The van der Waals surface area contributed by atoms with E-state index in [-0.39, 0.29) is 0 Å². The number of benzene rings is 2. The van der Waals surface area contributed by atoms with Crippen LogP contribution in [0.4, 0.5) is 0 Å². The maximum Gasteiger partial charge on any atom is 0.0619 e. The molecule has 19 heavy (non-hydrogen) atoms. The SMILES string of the molecule is c1ccc2c(c1)cc1ccc3c4ccccc4c2n13. The molecule has 1 heteroatoms. The lowest BCUT2D eigenvalue weighted by atomic mass is 10.1. The van der Waals surface area contributed by atoms with Crippen molar-refractivity contribution in [3.63, 3.8) is 0 Å². The number of pyridine rings is 1. The summed E-state index contributed by atoms with van der Waals surface area (Å²) in [7, 11) is 0. The predicted molar refractivity (Wildman–Crippen MR) is 81.1 cm³/mol. The minimum atomic E-state index is 1.28. The summed E-state index contributed by atoms with van der Waals surface area (Å²) in [5.74, 6) is 0. The Morgan fingerprint density at radius 1 is 0.632 bits per heavy atom. The van der Waals surface area contributed by atoms with E-state index in [0.717, 1.165) is 0 Å².